The maximum Gasteiger partial charge on any atom is 0.150 e. The number of benzene rings is 1. The van der Waals surface area contributed by atoms with E-state index in [0.29, 0.717) is 17.2 Å². The Balaban J connectivity index is 2.55. The number of anilines is 1. The quantitative estimate of drug-likeness (QED) is 0.699. The van der Waals surface area contributed by atoms with Crippen molar-refractivity contribution in [3.8, 4) is 11.4 Å². The topological polar surface area (TPSA) is 77.0 Å². The molecule has 0 unspecified atom stereocenters. The van der Waals surface area contributed by atoms with Crippen molar-refractivity contribution in [2.24, 2.45) is 0 Å². The van der Waals surface area contributed by atoms with Crippen LogP contribution in [-0.2, 0) is 0 Å². The summed E-state index contributed by atoms with van der Waals surface area (Å²) in [6, 6.07) is 6.68. The van der Waals surface area contributed by atoms with E-state index >= 15 is 0 Å². The molecular weight excluding hydrogens is 180 g/mol. The minimum atomic E-state index is 0.176. The van der Waals surface area contributed by atoms with Gasteiger partial charge in [-0.3, -0.25) is 0 Å². The highest BCUT2D eigenvalue weighted by Gasteiger charge is 2.06. The molecule has 5 nitrogen and oxygen atoms in total. The molecular formula is C9H10N4O. The zero-order chi connectivity index (χ0) is 10.1. The van der Waals surface area contributed by atoms with E-state index < -0.39 is 0 Å². The smallest absolute Gasteiger partial charge is 0.150 e. The Bertz CT molecular complexity index is 464. The van der Waals surface area contributed by atoms with Crippen LogP contribution in [0, 0.1) is 6.92 Å². The highest BCUT2D eigenvalue weighted by molar-refractivity contribution is 5.45. The number of hydrogen-bond acceptors (Lipinski definition) is 4. The SMILES string of the molecule is Cc1nnn(-c2cccc(O)c2)c1N. The molecule has 0 bridgehead atoms. The summed E-state index contributed by atoms with van der Waals surface area (Å²) < 4.78 is 1.48. The van der Waals surface area contributed by atoms with Gasteiger partial charge >= 0.3 is 0 Å². The predicted octanol–water partition coefficient (Wildman–Crippen LogP) is 0.864. The second-order valence-corrected chi connectivity index (χ2v) is 2.99. The van der Waals surface area contributed by atoms with Crippen molar-refractivity contribution in [2.75, 3.05) is 5.73 Å². The number of nitrogens with zero attached hydrogens (tertiary/aromatic N) is 3. The van der Waals surface area contributed by atoms with Crippen molar-refractivity contribution in [3.05, 3.63) is 30.0 Å². The first-order valence-electron chi connectivity index (χ1n) is 4.15. The van der Waals surface area contributed by atoms with E-state index in [1.165, 1.54) is 4.68 Å². The van der Waals surface area contributed by atoms with Gasteiger partial charge in [-0.25, -0.2) is 0 Å². The summed E-state index contributed by atoms with van der Waals surface area (Å²) in [5, 5.41) is 17.0. The van der Waals surface area contributed by atoms with Crippen molar-refractivity contribution >= 4 is 5.82 Å². The number of aromatic nitrogens is 3. The van der Waals surface area contributed by atoms with Gasteiger partial charge in [-0.05, 0) is 19.1 Å². The lowest BCUT2D eigenvalue weighted by Crippen LogP contribution is -2.01. The first-order chi connectivity index (χ1) is 6.68. The Hall–Kier alpha value is -2.04. The summed E-state index contributed by atoms with van der Waals surface area (Å²) in [6.07, 6.45) is 0. The van der Waals surface area contributed by atoms with Gasteiger partial charge in [-0.1, -0.05) is 11.3 Å². The van der Waals surface area contributed by atoms with Gasteiger partial charge in [0.05, 0.1) is 5.69 Å². The highest BCUT2D eigenvalue weighted by atomic mass is 16.3. The largest absolute Gasteiger partial charge is 0.508 e. The molecule has 0 aliphatic heterocycles. The highest BCUT2D eigenvalue weighted by Crippen LogP contribution is 2.17. The van der Waals surface area contributed by atoms with E-state index in [-0.39, 0.29) is 5.75 Å². The van der Waals surface area contributed by atoms with E-state index in [1.807, 2.05) is 0 Å². The van der Waals surface area contributed by atoms with Gasteiger partial charge < -0.3 is 10.8 Å². The van der Waals surface area contributed by atoms with E-state index in [1.54, 1.807) is 31.2 Å². The van der Waals surface area contributed by atoms with Gasteiger partial charge in [0.1, 0.15) is 11.4 Å². The van der Waals surface area contributed by atoms with Gasteiger partial charge in [0.25, 0.3) is 0 Å². The van der Waals surface area contributed by atoms with Gasteiger partial charge in [-0.2, -0.15) is 4.68 Å². The van der Waals surface area contributed by atoms with Crippen LogP contribution in [0.15, 0.2) is 24.3 Å². The maximum absolute atomic E-state index is 9.27. The average Bonchev–Trinajstić information content (AvgIpc) is 2.48. The van der Waals surface area contributed by atoms with Crippen molar-refractivity contribution in [1.29, 1.82) is 0 Å². The second kappa shape index (κ2) is 3.02. The van der Waals surface area contributed by atoms with E-state index in [9.17, 15) is 5.11 Å². The molecule has 72 valence electrons. The number of phenols is 1. The van der Waals surface area contributed by atoms with Crippen LogP contribution in [0.3, 0.4) is 0 Å². The molecule has 2 rings (SSSR count). The molecule has 0 radical (unpaired) electrons. The molecule has 1 aromatic carbocycles. The first kappa shape index (κ1) is 8.55. The van der Waals surface area contributed by atoms with Crippen LogP contribution in [0.2, 0.25) is 0 Å². The lowest BCUT2D eigenvalue weighted by molar-refractivity contribution is 0.475. The molecule has 0 aliphatic carbocycles. The number of hydrogen-bond donors (Lipinski definition) is 2. The van der Waals surface area contributed by atoms with Crippen LogP contribution in [0.1, 0.15) is 5.69 Å². The third-order valence-electron chi connectivity index (χ3n) is 1.96. The number of nitrogen functional groups attached to an aromatic ring is 1. The summed E-state index contributed by atoms with van der Waals surface area (Å²) in [4.78, 5) is 0. The molecule has 1 heterocycles. The fourth-order valence-electron chi connectivity index (χ4n) is 1.18. The Morgan fingerprint density at radius 1 is 1.43 bits per heavy atom. The Labute approximate surface area is 80.8 Å². The molecule has 3 N–H and O–H groups in total. The van der Waals surface area contributed by atoms with E-state index in [2.05, 4.69) is 10.3 Å². The van der Waals surface area contributed by atoms with Gasteiger partial charge in [0.2, 0.25) is 0 Å². The van der Waals surface area contributed by atoms with Crippen LogP contribution in [-0.4, -0.2) is 20.1 Å². The van der Waals surface area contributed by atoms with Crippen molar-refractivity contribution < 1.29 is 5.11 Å². The van der Waals surface area contributed by atoms with Gasteiger partial charge in [-0.15, -0.1) is 5.10 Å². The monoisotopic (exact) mass is 190 g/mol. The molecule has 0 atom stereocenters. The van der Waals surface area contributed by atoms with Crippen LogP contribution in [0.4, 0.5) is 5.82 Å². The molecule has 1 aromatic heterocycles. The van der Waals surface area contributed by atoms with Crippen molar-refractivity contribution in [3.63, 3.8) is 0 Å². The minimum Gasteiger partial charge on any atom is -0.508 e. The average molecular weight is 190 g/mol. The van der Waals surface area contributed by atoms with Crippen molar-refractivity contribution in [1.82, 2.24) is 15.0 Å². The van der Waals surface area contributed by atoms with Crippen LogP contribution >= 0.6 is 0 Å². The minimum absolute atomic E-state index is 0.176. The zero-order valence-corrected chi connectivity index (χ0v) is 7.68. The fourth-order valence-corrected chi connectivity index (χ4v) is 1.18. The molecule has 0 fully saturated rings. The molecule has 14 heavy (non-hydrogen) atoms. The third-order valence-corrected chi connectivity index (χ3v) is 1.96. The third kappa shape index (κ3) is 1.28. The fraction of sp³-hybridized carbons (Fsp3) is 0.111. The molecule has 5 heteroatoms. The molecule has 0 saturated heterocycles. The maximum atomic E-state index is 9.27. The molecule has 0 spiro atoms. The number of aryl methyl sites for hydroxylation is 1. The first-order valence-corrected chi connectivity index (χ1v) is 4.15. The molecule has 0 amide bonds. The lowest BCUT2D eigenvalue weighted by atomic mass is 10.3. The standard InChI is InChI=1S/C9H10N4O/c1-6-9(10)13(12-11-6)7-3-2-4-8(14)5-7/h2-5,14H,10H2,1H3. The zero-order valence-electron chi connectivity index (χ0n) is 7.68. The Kier molecular flexibility index (Phi) is 1.85. The summed E-state index contributed by atoms with van der Waals surface area (Å²) in [7, 11) is 0. The molecule has 0 saturated carbocycles. The number of phenolic OH excluding ortho intramolecular Hbond substituents is 1. The number of rotatable bonds is 1. The number of aromatic hydroxyl groups is 1. The predicted molar refractivity (Wildman–Crippen MR) is 52.2 cm³/mol. The van der Waals surface area contributed by atoms with Crippen LogP contribution in [0.5, 0.6) is 5.75 Å². The Morgan fingerprint density at radius 2 is 2.21 bits per heavy atom. The van der Waals surface area contributed by atoms with E-state index in [4.69, 9.17) is 5.73 Å². The lowest BCUT2D eigenvalue weighted by Gasteiger charge is -2.02. The summed E-state index contributed by atoms with van der Waals surface area (Å²) in [5.41, 5.74) is 7.11. The van der Waals surface area contributed by atoms with Gasteiger partial charge in [0, 0.05) is 6.07 Å². The van der Waals surface area contributed by atoms with Gasteiger partial charge in [0.15, 0.2) is 5.82 Å². The van der Waals surface area contributed by atoms with Crippen LogP contribution < -0.4 is 5.73 Å². The summed E-state index contributed by atoms with van der Waals surface area (Å²) in [6.45, 7) is 1.78. The van der Waals surface area contributed by atoms with Crippen LogP contribution in [0.25, 0.3) is 5.69 Å². The van der Waals surface area contributed by atoms with E-state index in [0.717, 1.165) is 0 Å². The second-order valence-electron chi connectivity index (χ2n) is 2.99. The number of nitrogens with two attached hydrogens (primary N) is 1. The normalized spacial score (nSPS) is 10.4. The summed E-state index contributed by atoms with van der Waals surface area (Å²) >= 11 is 0. The molecule has 0 aliphatic rings. The summed E-state index contributed by atoms with van der Waals surface area (Å²) in [5.74, 6) is 0.658. The Morgan fingerprint density at radius 3 is 2.79 bits per heavy atom. The van der Waals surface area contributed by atoms with Crippen molar-refractivity contribution in [2.45, 2.75) is 6.92 Å². The molecule has 2 aromatic rings.